The number of hydrogen-bond acceptors (Lipinski definition) is 4. The van der Waals surface area contributed by atoms with Gasteiger partial charge < -0.3 is 19.4 Å². The van der Waals surface area contributed by atoms with Crippen LogP contribution in [0.2, 0.25) is 5.02 Å². The molecule has 1 aromatic rings. The van der Waals surface area contributed by atoms with Crippen LogP contribution >= 0.6 is 11.6 Å². The molecule has 0 radical (unpaired) electrons. The first-order valence-electron chi connectivity index (χ1n) is 8.19. The molecule has 136 valence electrons. The Bertz CT molecular complexity index is 672. The lowest BCUT2D eigenvalue weighted by molar-refractivity contribution is -0.118. The first-order valence-corrected chi connectivity index (χ1v) is 8.57. The molecule has 2 rings (SSSR count). The summed E-state index contributed by atoms with van der Waals surface area (Å²) in [4.78, 5) is 11.4. The van der Waals surface area contributed by atoms with Crippen LogP contribution in [0.5, 0.6) is 5.75 Å². The van der Waals surface area contributed by atoms with Gasteiger partial charge in [-0.15, -0.1) is 0 Å². The Kier molecular flexibility index (Phi) is 5.87. The van der Waals surface area contributed by atoms with Gasteiger partial charge in [0.05, 0.1) is 18.3 Å². The van der Waals surface area contributed by atoms with E-state index in [9.17, 15) is 4.79 Å². The smallest absolute Gasteiger partial charge is 0.492 e. The van der Waals surface area contributed by atoms with Gasteiger partial charge in [-0.1, -0.05) is 17.7 Å². The molecule has 5 nitrogen and oxygen atoms in total. The maximum absolute atomic E-state index is 11.4. The lowest BCUT2D eigenvalue weighted by Crippen LogP contribution is -2.41. The van der Waals surface area contributed by atoms with Crippen LogP contribution in [-0.4, -0.2) is 37.9 Å². The van der Waals surface area contributed by atoms with Crippen LogP contribution in [0.3, 0.4) is 0 Å². The third kappa shape index (κ3) is 4.78. The number of carbonyl (C=O) groups is 1. The van der Waals surface area contributed by atoms with Gasteiger partial charge in [0.25, 0.3) is 0 Å². The van der Waals surface area contributed by atoms with Crippen molar-refractivity contribution >= 4 is 30.7 Å². The SMILES string of the molecule is COc1cc(Cl)cc(C=C(CNC(C)=O)B2OC(C)(C)C(C)(C)O2)c1. The van der Waals surface area contributed by atoms with E-state index in [1.165, 1.54) is 6.92 Å². The zero-order valence-corrected chi connectivity index (χ0v) is 16.4. The first kappa shape index (κ1) is 19.8. The van der Waals surface area contributed by atoms with E-state index >= 15 is 0 Å². The lowest BCUT2D eigenvalue weighted by atomic mass is 9.77. The molecule has 1 fully saturated rings. The standard InChI is InChI=1S/C18H25BClNO4/c1-12(22)21-11-14(19-24-17(2,3)18(4,5)25-19)7-13-8-15(20)10-16(9-13)23-6/h7-10H,11H2,1-6H3,(H,21,22). The van der Waals surface area contributed by atoms with Crippen LogP contribution in [0.15, 0.2) is 23.7 Å². The molecule has 0 bridgehead atoms. The second kappa shape index (κ2) is 7.40. The lowest BCUT2D eigenvalue weighted by Gasteiger charge is -2.32. The number of halogens is 1. The molecule has 1 saturated heterocycles. The van der Waals surface area contributed by atoms with Crippen LogP contribution in [0.25, 0.3) is 6.08 Å². The summed E-state index contributed by atoms with van der Waals surface area (Å²) in [6.45, 7) is 9.76. The summed E-state index contributed by atoms with van der Waals surface area (Å²) in [6.07, 6.45) is 1.91. The Morgan fingerprint density at radius 3 is 2.36 bits per heavy atom. The van der Waals surface area contributed by atoms with E-state index < -0.39 is 18.3 Å². The van der Waals surface area contributed by atoms with Crippen molar-refractivity contribution in [3.05, 3.63) is 34.3 Å². The van der Waals surface area contributed by atoms with E-state index in [-0.39, 0.29) is 5.91 Å². The minimum Gasteiger partial charge on any atom is -0.497 e. The molecule has 1 heterocycles. The second-order valence-electron chi connectivity index (χ2n) is 7.14. The van der Waals surface area contributed by atoms with Crippen molar-refractivity contribution in [2.45, 2.75) is 45.8 Å². The molecule has 25 heavy (non-hydrogen) atoms. The van der Waals surface area contributed by atoms with Gasteiger partial charge in [-0.25, -0.2) is 0 Å². The summed E-state index contributed by atoms with van der Waals surface area (Å²) in [5.41, 5.74) is 0.732. The molecule has 0 spiro atoms. The third-order valence-electron chi connectivity index (χ3n) is 4.58. The molecule has 1 N–H and O–H groups in total. The van der Waals surface area contributed by atoms with Crippen molar-refractivity contribution in [3.8, 4) is 5.75 Å². The molecule has 0 aliphatic carbocycles. The quantitative estimate of drug-likeness (QED) is 0.811. The number of hydrogen-bond donors (Lipinski definition) is 1. The third-order valence-corrected chi connectivity index (χ3v) is 4.80. The van der Waals surface area contributed by atoms with Gasteiger partial charge in [0, 0.05) is 18.5 Å². The van der Waals surface area contributed by atoms with E-state index in [2.05, 4.69) is 5.32 Å². The molecule has 7 heteroatoms. The van der Waals surface area contributed by atoms with Gasteiger partial charge in [0.2, 0.25) is 5.91 Å². The van der Waals surface area contributed by atoms with E-state index in [1.54, 1.807) is 13.2 Å². The van der Waals surface area contributed by atoms with Crippen molar-refractivity contribution < 1.29 is 18.8 Å². The van der Waals surface area contributed by atoms with Crippen molar-refractivity contribution in [2.75, 3.05) is 13.7 Å². The molecule has 0 saturated carbocycles. The highest BCUT2D eigenvalue weighted by Crippen LogP contribution is 2.39. The number of nitrogens with one attached hydrogen (secondary N) is 1. The van der Waals surface area contributed by atoms with Crippen molar-refractivity contribution in [2.24, 2.45) is 0 Å². The Hall–Kier alpha value is -1.50. The predicted octanol–water partition coefficient (Wildman–Crippen LogP) is 3.50. The van der Waals surface area contributed by atoms with Gasteiger partial charge >= 0.3 is 7.12 Å². The fraction of sp³-hybridized carbons (Fsp3) is 0.500. The Morgan fingerprint density at radius 2 is 1.84 bits per heavy atom. The topological polar surface area (TPSA) is 56.8 Å². The van der Waals surface area contributed by atoms with Gasteiger partial charge in [-0.05, 0) is 56.9 Å². The Balaban J connectivity index is 2.36. The Morgan fingerprint density at radius 1 is 1.24 bits per heavy atom. The molecule has 1 aliphatic rings. The average Bonchev–Trinajstić information content (AvgIpc) is 2.70. The summed E-state index contributed by atoms with van der Waals surface area (Å²) in [7, 11) is 1.04. The minimum absolute atomic E-state index is 0.119. The summed E-state index contributed by atoms with van der Waals surface area (Å²) < 4.78 is 17.5. The first-order chi connectivity index (χ1) is 11.5. The fourth-order valence-electron chi connectivity index (χ4n) is 2.42. The highest BCUT2D eigenvalue weighted by molar-refractivity contribution is 6.56. The largest absolute Gasteiger partial charge is 0.497 e. The minimum atomic E-state index is -0.554. The van der Waals surface area contributed by atoms with Crippen molar-refractivity contribution in [1.82, 2.24) is 5.32 Å². The number of ether oxygens (including phenoxy) is 1. The monoisotopic (exact) mass is 365 g/mol. The summed E-state index contributed by atoms with van der Waals surface area (Å²) in [6, 6.07) is 5.43. The zero-order valence-electron chi connectivity index (χ0n) is 15.6. The van der Waals surface area contributed by atoms with Crippen molar-refractivity contribution in [3.63, 3.8) is 0 Å². The summed E-state index contributed by atoms with van der Waals surface area (Å²) in [5, 5.41) is 3.38. The zero-order chi connectivity index (χ0) is 18.8. The van der Waals surface area contributed by atoms with E-state index in [0.29, 0.717) is 17.3 Å². The van der Waals surface area contributed by atoms with Crippen LogP contribution < -0.4 is 10.1 Å². The Labute approximate surface area is 154 Å². The van der Waals surface area contributed by atoms with E-state index in [4.69, 9.17) is 25.6 Å². The average molecular weight is 366 g/mol. The van der Waals surface area contributed by atoms with Crippen molar-refractivity contribution in [1.29, 1.82) is 0 Å². The normalized spacial score (nSPS) is 19.0. The van der Waals surface area contributed by atoms with Gasteiger partial charge in [0.1, 0.15) is 5.75 Å². The van der Waals surface area contributed by atoms with Crippen LogP contribution in [-0.2, 0) is 14.1 Å². The second-order valence-corrected chi connectivity index (χ2v) is 7.58. The highest BCUT2D eigenvalue weighted by atomic mass is 35.5. The molecule has 0 atom stereocenters. The molecule has 0 aromatic heterocycles. The number of carbonyl (C=O) groups excluding carboxylic acids is 1. The van der Waals surface area contributed by atoms with E-state index in [0.717, 1.165) is 11.0 Å². The summed E-state index contributed by atoms with van der Waals surface area (Å²) >= 11 is 6.15. The van der Waals surface area contributed by atoms with Gasteiger partial charge in [0.15, 0.2) is 0 Å². The number of amides is 1. The molecule has 1 amide bonds. The molecule has 1 aromatic carbocycles. The van der Waals surface area contributed by atoms with Crippen LogP contribution in [0.1, 0.15) is 40.2 Å². The number of benzene rings is 1. The fourth-order valence-corrected chi connectivity index (χ4v) is 2.66. The van der Waals surface area contributed by atoms with Gasteiger partial charge in [-0.2, -0.15) is 0 Å². The highest BCUT2D eigenvalue weighted by Gasteiger charge is 2.52. The molecular weight excluding hydrogens is 340 g/mol. The van der Waals surface area contributed by atoms with E-state index in [1.807, 2.05) is 45.9 Å². The molecular formula is C18H25BClNO4. The van der Waals surface area contributed by atoms with Crippen LogP contribution in [0.4, 0.5) is 0 Å². The summed E-state index contributed by atoms with van der Waals surface area (Å²) in [5.74, 6) is 0.539. The van der Waals surface area contributed by atoms with Crippen LogP contribution in [0, 0.1) is 0 Å². The maximum atomic E-state index is 11.4. The maximum Gasteiger partial charge on any atom is 0.492 e. The molecule has 0 unspecified atom stereocenters. The predicted molar refractivity (Wildman–Crippen MR) is 101 cm³/mol. The number of methoxy groups -OCH3 is 1. The number of rotatable bonds is 5. The van der Waals surface area contributed by atoms with Gasteiger partial charge in [-0.3, -0.25) is 4.79 Å². The molecule has 1 aliphatic heterocycles.